The zero-order valence-electron chi connectivity index (χ0n) is 21.5. The second-order valence-electron chi connectivity index (χ2n) is 11.3. The van der Waals surface area contributed by atoms with Crippen molar-refractivity contribution in [2.45, 2.75) is 73.8 Å². The summed E-state index contributed by atoms with van der Waals surface area (Å²) in [4.78, 5) is 49.2. The highest BCUT2D eigenvalue weighted by Crippen LogP contribution is 2.47. The van der Waals surface area contributed by atoms with Crippen LogP contribution in [0, 0.1) is 28.1 Å². The molecule has 0 saturated carbocycles. The van der Waals surface area contributed by atoms with Crippen molar-refractivity contribution < 1.29 is 38.5 Å². The minimum absolute atomic E-state index is 0.146. The SMILES string of the molecule is C=CC(=O)OCC(COC(=O)C(C)(CC(C)(C)C)C(C)(C)C)OC(=O)C1CC=CCC1C(=O)O. The van der Waals surface area contributed by atoms with Crippen molar-refractivity contribution in [1.29, 1.82) is 0 Å². The largest absolute Gasteiger partial charge is 0.481 e. The van der Waals surface area contributed by atoms with Crippen LogP contribution in [-0.4, -0.2) is 48.3 Å². The first-order chi connectivity index (χ1) is 15.5. The molecule has 1 N–H and O–H groups in total. The molecule has 0 spiro atoms. The van der Waals surface area contributed by atoms with Gasteiger partial charge in [-0.1, -0.05) is 60.3 Å². The molecule has 0 heterocycles. The molecular formula is C26H40O8. The molecule has 1 aliphatic carbocycles. The van der Waals surface area contributed by atoms with Gasteiger partial charge >= 0.3 is 23.9 Å². The van der Waals surface area contributed by atoms with Crippen molar-refractivity contribution in [1.82, 2.24) is 0 Å². The molecule has 1 rings (SSSR count). The third-order valence-electron chi connectivity index (χ3n) is 6.30. The van der Waals surface area contributed by atoms with E-state index in [1.807, 2.05) is 48.5 Å². The molecular weight excluding hydrogens is 440 g/mol. The summed E-state index contributed by atoms with van der Waals surface area (Å²) in [6, 6.07) is 0. The molecule has 0 aromatic heterocycles. The average molecular weight is 481 g/mol. The lowest BCUT2D eigenvalue weighted by molar-refractivity contribution is -0.178. The number of carbonyl (C=O) groups excluding carboxylic acids is 3. The van der Waals surface area contributed by atoms with Crippen molar-refractivity contribution in [2.24, 2.45) is 28.1 Å². The lowest BCUT2D eigenvalue weighted by Crippen LogP contribution is -2.45. The maximum absolute atomic E-state index is 13.2. The van der Waals surface area contributed by atoms with Crippen LogP contribution in [0.2, 0.25) is 0 Å². The van der Waals surface area contributed by atoms with Gasteiger partial charge in [0.05, 0.1) is 17.3 Å². The lowest BCUT2D eigenvalue weighted by atomic mass is 9.61. The highest BCUT2D eigenvalue weighted by Gasteiger charge is 2.48. The fourth-order valence-corrected chi connectivity index (χ4v) is 3.98. The third kappa shape index (κ3) is 8.29. The smallest absolute Gasteiger partial charge is 0.330 e. The maximum Gasteiger partial charge on any atom is 0.330 e. The van der Waals surface area contributed by atoms with Gasteiger partial charge in [0, 0.05) is 6.08 Å². The van der Waals surface area contributed by atoms with E-state index in [0.29, 0.717) is 6.42 Å². The first-order valence-electron chi connectivity index (χ1n) is 11.6. The van der Waals surface area contributed by atoms with Crippen LogP contribution in [0.15, 0.2) is 24.8 Å². The molecule has 0 amide bonds. The lowest BCUT2D eigenvalue weighted by Gasteiger charge is -2.43. The van der Waals surface area contributed by atoms with Gasteiger partial charge in [-0.05, 0) is 37.0 Å². The van der Waals surface area contributed by atoms with E-state index in [1.54, 1.807) is 12.2 Å². The summed E-state index contributed by atoms with van der Waals surface area (Å²) in [5.41, 5.74) is -1.39. The number of aliphatic carboxylic acids is 1. The fraction of sp³-hybridized carbons (Fsp3) is 0.692. The Morgan fingerprint density at radius 3 is 1.97 bits per heavy atom. The molecule has 34 heavy (non-hydrogen) atoms. The Hall–Kier alpha value is -2.64. The second kappa shape index (κ2) is 11.7. The van der Waals surface area contributed by atoms with E-state index in [2.05, 4.69) is 6.58 Å². The first kappa shape index (κ1) is 29.4. The molecule has 0 aliphatic heterocycles. The molecule has 0 radical (unpaired) electrons. The van der Waals surface area contributed by atoms with Crippen LogP contribution in [0.5, 0.6) is 0 Å². The Labute approximate surface area is 202 Å². The Morgan fingerprint density at radius 2 is 1.50 bits per heavy atom. The van der Waals surface area contributed by atoms with Crippen LogP contribution >= 0.6 is 0 Å². The Kier molecular flexibility index (Phi) is 10.1. The van der Waals surface area contributed by atoms with Gasteiger partial charge in [-0.25, -0.2) is 4.79 Å². The van der Waals surface area contributed by atoms with E-state index < -0.39 is 52.6 Å². The monoisotopic (exact) mass is 480 g/mol. The van der Waals surface area contributed by atoms with Crippen molar-refractivity contribution in [3.05, 3.63) is 24.8 Å². The van der Waals surface area contributed by atoms with Gasteiger partial charge in [0.1, 0.15) is 13.2 Å². The number of carboxylic acid groups (broad SMARTS) is 1. The first-order valence-corrected chi connectivity index (χ1v) is 11.6. The van der Waals surface area contributed by atoms with Gasteiger partial charge in [0.25, 0.3) is 0 Å². The highest BCUT2D eigenvalue weighted by molar-refractivity contribution is 5.82. The maximum atomic E-state index is 13.2. The molecule has 0 aromatic carbocycles. The summed E-state index contributed by atoms with van der Waals surface area (Å²) in [7, 11) is 0. The van der Waals surface area contributed by atoms with Crippen LogP contribution < -0.4 is 0 Å². The van der Waals surface area contributed by atoms with Gasteiger partial charge in [-0.15, -0.1) is 0 Å². The quantitative estimate of drug-likeness (QED) is 0.213. The van der Waals surface area contributed by atoms with E-state index in [1.165, 1.54) is 0 Å². The van der Waals surface area contributed by atoms with E-state index in [4.69, 9.17) is 14.2 Å². The number of carbonyl (C=O) groups is 4. The Bertz CT molecular complexity index is 799. The van der Waals surface area contributed by atoms with Crippen molar-refractivity contribution in [3.8, 4) is 0 Å². The predicted octanol–water partition coefficient (Wildman–Crippen LogP) is 4.33. The number of rotatable bonds is 10. The fourth-order valence-electron chi connectivity index (χ4n) is 3.98. The number of hydrogen-bond donors (Lipinski definition) is 1. The molecule has 8 nitrogen and oxygen atoms in total. The number of hydrogen-bond acceptors (Lipinski definition) is 7. The van der Waals surface area contributed by atoms with Crippen LogP contribution in [0.1, 0.15) is 67.7 Å². The topological polar surface area (TPSA) is 116 Å². The summed E-state index contributed by atoms with van der Waals surface area (Å²) in [5.74, 6) is -4.78. The summed E-state index contributed by atoms with van der Waals surface area (Å²) in [6.07, 6.45) is 4.35. The van der Waals surface area contributed by atoms with E-state index in [-0.39, 0.29) is 31.5 Å². The van der Waals surface area contributed by atoms with Crippen molar-refractivity contribution >= 4 is 23.9 Å². The standard InChI is InChI=1S/C26H40O8/c1-9-20(27)32-14-17(34-22(30)19-13-11-10-12-18(19)21(28)29)15-33-23(31)26(8,25(5,6)7)16-24(2,3)4/h9-11,17-19H,1,12-16H2,2-8H3,(H,28,29). The summed E-state index contributed by atoms with van der Waals surface area (Å²) in [5, 5.41) is 9.44. The van der Waals surface area contributed by atoms with Gasteiger partial charge in [-0.2, -0.15) is 0 Å². The molecule has 1 aliphatic rings. The molecule has 4 atom stereocenters. The second-order valence-corrected chi connectivity index (χ2v) is 11.3. The van der Waals surface area contributed by atoms with Gasteiger partial charge in [0.2, 0.25) is 0 Å². The predicted molar refractivity (Wildman–Crippen MR) is 127 cm³/mol. The molecule has 4 unspecified atom stereocenters. The van der Waals surface area contributed by atoms with Crippen LogP contribution in [0.3, 0.4) is 0 Å². The molecule has 0 saturated heterocycles. The molecule has 0 aromatic rings. The minimum Gasteiger partial charge on any atom is -0.481 e. The Balaban J connectivity index is 3.02. The zero-order valence-corrected chi connectivity index (χ0v) is 21.5. The molecule has 0 bridgehead atoms. The van der Waals surface area contributed by atoms with Crippen molar-refractivity contribution in [3.63, 3.8) is 0 Å². The minimum atomic E-state index is -1.09. The summed E-state index contributed by atoms with van der Waals surface area (Å²) >= 11 is 0. The van der Waals surface area contributed by atoms with Crippen molar-refractivity contribution in [2.75, 3.05) is 13.2 Å². The highest BCUT2D eigenvalue weighted by atomic mass is 16.6. The molecule has 0 fully saturated rings. The van der Waals surface area contributed by atoms with Crippen LogP contribution in [-0.2, 0) is 33.4 Å². The van der Waals surface area contributed by atoms with Gasteiger partial charge in [-0.3, -0.25) is 14.4 Å². The summed E-state index contributed by atoms with van der Waals surface area (Å²) < 4.78 is 16.1. The van der Waals surface area contributed by atoms with E-state index in [0.717, 1.165) is 6.08 Å². The zero-order chi connectivity index (χ0) is 26.3. The summed E-state index contributed by atoms with van der Waals surface area (Å²) in [6.45, 7) is 16.5. The van der Waals surface area contributed by atoms with Gasteiger partial charge < -0.3 is 19.3 Å². The number of ether oxygens (including phenoxy) is 3. The number of allylic oxidation sites excluding steroid dienone is 2. The molecule has 8 heteroatoms. The Morgan fingerprint density at radius 1 is 0.971 bits per heavy atom. The van der Waals surface area contributed by atoms with Crippen LogP contribution in [0.4, 0.5) is 0 Å². The van der Waals surface area contributed by atoms with Crippen LogP contribution in [0.25, 0.3) is 0 Å². The molecule has 192 valence electrons. The van der Waals surface area contributed by atoms with E-state index in [9.17, 15) is 24.3 Å². The number of esters is 3. The normalized spacial score (nSPS) is 21.0. The van der Waals surface area contributed by atoms with Gasteiger partial charge in [0.15, 0.2) is 6.10 Å². The third-order valence-corrected chi connectivity index (χ3v) is 6.30. The number of carboxylic acids is 1. The van der Waals surface area contributed by atoms with E-state index >= 15 is 0 Å². The average Bonchev–Trinajstić information content (AvgIpc) is 2.72.